The first-order chi connectivity index (χ1) is 16.0. The Morgan fingerprint density at radius 3 is 2.58 bits per heavy atom. The van der Waals surface area contributed by atoms with E-state index in [1.807, 2.05) is 6.07 Å². The first kappa shape index (κ1) is 26.0. The number of ether oxygens (including phenoxy) is 4. The van der Waals surface area contributed by atoms with Crippen molar-refractivity contribution >= 4 is 30.4 Å². The molecule has 2 aromatic rings. The van der Waals surface area contributed by atoms with Gasteiger partial charge in [-0.05, 0) is 42.0 Å². The summed E-state index contributed by atoms with van der Waals surface area (Å²) in [5, 5.41) is 20.5. The van der Waals surface area contributed by atoms with Crippen LogP contribution in [0.5, 0.6) is 5.75 Å². The highest BCUT2D eigenvalue weighted by Gasteiger charge is 2.28. The molecule has 0 saturated carbocycles. The monoisotopic (exact) mass is 474 g/mol. The van der Waals surface area contributed by atoms with E-state index in [4.69, 9.17) is 29.3 Å². The zero-order valence-electron chi connectivity index (χ0n) is 18.1. The number of aliphatic hydroxyl groups excluding tert-OH is 1. The molecule has 2 rings (SSSR count). The molecule has 176 valence electrons. The molecular formula is C23H26N2O7S. The average Bonchev–Trinajstić information content (AvgIpc) is 2.84. The maximum atomic E-state index is 12.6. The van der Waals surface area contributed by atoms with Gasteiger partial charge in [0.15, 0.2) is 6.10 Å². The lowest BCUT2D eigenvalue weighted by atomic mass is 10.0. The second-order valence-corrected chi connectivity index (χ2v) is 7.04. The number of anilines is 1. The number of nitrogens with one attached hydrogen (secondary N) is 1. The van der Waals surface area contributed by atoms with Gasteiger partial charge in [0.1, 0.15) is 18.5 Å². The van der Waals surface area contributed by atoms with E-state index in [1.165, 1.54) is 7.11 Å². The minimum Gasteiger partial charge on any atom is -0.491 e. The van der Waals surface area contributed by atoms with E-state index >= 15 is 0 Å². The highest BCUT2D eigenvalue weighted by molar-refractivity contribution is 7.81. The molecule has 1 amide bonds. The molecule has 0 spiro atoms. The molecule has 0 fully saturated rings. The Morgan fingerprint density at radius 1 is 1.18 bits per heavy atom. The molecule has 33 heavy (non-hydrogen) atoms. The molecule has 2 aromatic carbocycles. The molecule has 0 aliphatic rings. The summed E-state index contributed by atoms with van der Waals surface area (Å²) in [5.74, 6) is -0.0305. The number of amides is 1. The number of hydrogen-bond acceptors (Lipinski definition) is 9. The van der Waals surface area contributed by atoms with E-state index in [2.05, 4.69) is 17.9 Å². The maximum Gasteiger partial charge on any atom is 0.412 e. The van der Waals surface area contributed by atoms with Crippen molar-refractivity contribution in [3.63, 3.8) is 0 Å². The van der Waals surface area contributed by atoms with Gasteiger partial charge in [0.05, 0.1) is 30.6 Å². The Labute approximate surface area is 197 Å². The summed E-state index contributed by atoms with van der Waals surface area (Å²) in [6.07, 6.45) is -1.98. The van der Waals surface area contributed by atoms with E-state index in [1.54, 1.807) is 48.5 Å². The Morgan fingerprint density at radius 2 is 1.94 bits per heavy atom. The molecule has 0 unspecified atom stereocenters. The van der Waals surface area contributed by atoms with Crippen molar-refractivity contribution in [2.45, 2.75) is 18.6 Å². The first-order valence-electron chi connectivity index (χ1n) is 10.1. The number of nitrogens with zero attached hydrogens (tertiary/aromatic N) is 1. The zero-order chi connectivity index (χ0) is 24.1. The number of rotatable bonds is 12. The fourth-order valence-electron chi connectivity index (χ4n) is 2.92. The van der Waals surface area contributed by atoms with Gasteiger partial charge in [0, 0.05) is 19.2 Å². The average molecular weight is 475 g/mol. The van der Waals surface area contributed by atoms with E-state index < -0.39 is 24.3 Å². The number of aliphatic hydroxyl groups is 1. The predicted octanol–water partition coefficient (Wildman–Crippen LogP) is 3.10. The van der Waals surface area contributed by atoms with Gasteiger partial charge in [0.25, 0.3) is 0 Å². The summed E-state index contributed by atoms with van der Waals surface area (Å²) in [7, 11) is 1.46. The van der Waals surface area contributed by atoms with E-state index in [0.717, 1.165) is 0 Å². The summed E-state index contributed by atoms with van der Waals surface area (Å²) in [6.45, 7) is 0.0194. The fourth-order valence-corrected chi connectivity index (χ4v) is 3.01. The minimum absolute atomic E-state index is 0.0468. The van der Waals surface area contributed by atoms with Crippen LogP contribution >= 0.6 is 12.6 Å². The van der Waals surface area contributed by atoms with Crippen LogP contribution in [0.2, 0.25) is 0 Å². The van der Waals surface area contributed by atoms with Crippen LogP contribution in [0.25, 0.3) is 0 Å². The predicted molar refractivity (Wildman–Crippen MR) is 123 cm³/mol. The van der Waals surface area contributed by atoms with Gasteiger partial charge in [-0.1, -0.05) is 12.1 Å². The van der Waals surface area contributed by atoms with Crippen LogP contribution in [-0.4, -0.2) is 56.0 Å². The summed E-state index contributed by atoms with van der Waals surface area (Å²) < 4.78 is 21.8. The van der Waals surface area contributed by atoms with E-state index in [-0.39, 0.29) is 32.0 Å². The van der Waals surface area contributed by atoms with Gasteiger partial charge in [0.2, 0.25) is 0 Å². The normalized spacial score (nSPS) is 12.2. The summed E-state index contributed by atoms with van der Waals surface area (Å²) in [5.41, 5.74) is 1.50. The number of hydrogen-bond donors (Lipinski definition) is 3. The van der Waals surface area contributed by atoms with Crippen LogP contribution in [0.4, 0.5) is 10.5 Å². The third-order valence-corrected chi connectivity index (χ3v) is 4.73. The largest absolute Gasteiger partial charge is 0.491 e. The Hall–Kier alpha value is -3.26. The number of benzene rings is 2. The van der Waals surface area contributed by atoms with Crippen molar-refractivity contribution in [2.75, 3.05) is 38.0 Å². The van der Waals surface area contributed by atoms with Crippen LogP contribution < -0.4 is 10.1 Å². The van der Waals surface area contributed by atoms with E-state index in [0.29, 0.717) is 22.6 Å². The van der Waals surface area contributed by atoms with Gasteiger partial charge in [-0.15, -0.1) is 0 Å². The standard InChI is InChI=1S/C23H26N2O7S/c1-29-20(9-11-31-21(27)15-33)22(17-3-2-4-19(13-17)30-12-10-26)32-23(28)25-18-7-5-16(14-24)6-8-18/h2-8,13,20,22,26,33H,9-12,15H2,1H3,(H,25,28)/t20-,22-/m0/s1. The number of methoxy groups -OCH3 is 1. The Kier molecular flexibility index (Phi) is 11.0. The molecule has 2 atom stereocenters. The fraction of sp³-hybridized carbons (Fsp3) is 0.348. The second-order valence-electron chi connectivity index (χ2n) is 6.73. The third-order valence-electron chi connectivity index (χ3n) is 4.48. The lowest BCUT2D eigenvalue weighted by Gasteiger charge is -2.27. The molecule has 9 nitrogen and oxygen atoms in total. The van der Waals surface area contributed by atoms with Crippen LogP contribution in [0.1, 0.15) is 23.7 Å². The molecule has 0 aliphatic carbocycles. The number of esters is 1. The first-order valence-corrected chi connectivity index (χ1v) is 10.7. The quantitative estimate of drug-likeness (QED) is 0.316. The van der Waals surface area contributed by atoms with Crippen molar-refractivity contribution in [3.05, 3.63) is 59.7 Å². The Balaban J connectivity index is 2.20. The molecule has 0 heterocycles. The number of nitriles is 1. The van der Waals surface area contributed by atoms with E-state index in [9.17, 15) is 9.59 Å². The molecule has 0 bridgehead atoms. The number of carbonyl (C=O) groups excluding carboxylic acids is 2. The number of carbonyl (C=O) groups is 2. The van der Waals surface area contributed by atoms with Crippen LogP contribution in [0.15, 0.2) is 48.5 Å². The number of thiol groups is 1. The molecule has 2 N–H and O–H groups in total. The van der Waals surface area contributed by atoms with Crippen LogP contribution in [-0.2, 0) is 19.0 Å². The van der Waals surface area contributed by atoms with Crippen molar-refractivity contribution in [3.8, 4) is 11.8 Å². The highest BCUT2D eigenvalue weighted by Crippen LogP contribution is 2.29. The van der Waals surface area contributed by atoms with Crippen molar-refractivity contribution < 1.29 is 33.6 Å². The lowest BCUT2D eigenvalue weighted by Crippen LogP contribution is -2.29. The second kappa shape index (κ2) is 14.0. The molecule has 0 saturated heterocycles. The van der Waals surface area contributed by atoms with Gasteiger partial charge >= 0.3 is 12.1 Å². The molecule has 10 heteroatoms. The summed E-state index contributed by atoms with van der Waals surface area (Å²) in [6, 6.07) is 15.2. The summed E-state index contributed by atoms with van der Waals surface area (Å²) in [4.78, 5) is 24.0. The van der Waals surface area contributed by atoms with Crippen molar-refractivity contribution in [2.24, 2.45) is 0 Å². The molecule has 0 aromatic heterocycles. The lowest BCUT2D eigenvalue weighted by molar-refractivity contribution is -0.141. The molecule has 0 radical (unpaired) electrons. The summed E-state index contributed by atoms with van der Waals surface area (Å²) >= 11 is 3.87. The van der Waals surface area contributed by atoms with Gasteiger partial charge in [-0.2, -0.15) is 17.9 Å². The highest BCUT2D eigenvalue weighted by atomic mass is 32.1. The van der Waals surface area contributed by atoms with Gasteiger partial charge < -0.3 is 24.1 Å². The topological polar surface area (TPSA) is 127 Å². The van der Waals surface area contributed by atoms with Crippen LogP contribution in [0, 0.1) is 11.3 Å². The SMILES string of the molecule is CO[C@@H](CCOC(=O)CS)[C@@H](OC(=O)Nc1ccc(C#N)cc1)c1cccc(OCCO)c1. The molecule has 0 aliphatic heterocycles. The maximum absolute atomic E-state index is 12.6. The smallest absolute Gasteiger partial charge is 0.412 e. The third kappa shape index (κ3) is 8.65. The van der Waals surface area contributed by atoms with Gasteiger partial charge in [-0.25, -0.2) is 4.79 Å². The zero-order valence-corrected chi connectivity index (χ0v) is 19.0. The van der Waals surface area contributed by atoms with Crippen molar-refractivity contribution in [1.82, 2.24) is 0 Å². The molecular weight excluding hydrogens is 448 g/mol. The van der Waals surface area contributed by atoms with Crippen LogP contribution in [0.3, 0.4) is 0 Å². The Bertz CT molecular complexity index is 947. The van der Waals surface area contributed by atoms with Gasteiger partial charge in [-0.3, -0.25) is 10.1 Å². The minimum atomic E-state index is -0.860. The van der Waals surface area contributed by atoms with Crippen molar-refractivity contribution in [1.29, 1.82) is 5.26 Å².